The van der Waals surface area contributed by atoms with E-state index in [4.69, 9.17) is 4.74 Å². The van der Waals surface area contributed by atoms with Gasteiger partial charge in [-0.1, -0.05) is 6.07 Å². The first-order valence-electron chi connectivity index (χ1n) is 9.52. The number of fused-ring (bicyclic) bond motifs is 1. The van der Waals surface area contributed by atoms with Crippen LogP contribution in [0.5, 0.6) is 0 Å². The second-order valence-corrected chi connectivity index (χ2v) is 7.27. The molecule has 2 amide bonds. The summed E-state index contributed by atoms with van der Waals surface area (Å²) in [6, 6.07) is 11.1. The minimum Gasteiger partial charge on any atom is -0.377 e. The van der Waals surface area contributed by atoms with Crippen LogP contribution in [0.25, 0.3) is 10.9 Å². The normalized spacial score (nSPS) is 16.8. The molecule has 1 atom stereocenters. The molecule has 7 heteroatoms. The smallest absolute Gasteiger partial charge is 0.258 e. The van der Waals surface area contributed by atoms with Gasteiger partial charge in [0.15, 0.2) is 0 Å². The van der Waals surface area contributed by atoms with Gasteiger partial charge < -0.3 is 19.9 Å². The molecule has 0 spiro atoms. The van der Waals surface area contributed by atoms with Crippen molar-refractivity contribution in [2.24, 2.45) is 0 Å². The molecule has 1 fully saturated rings. The van der Waals surface area contributed by atoms with E-state index in [2.05, 4.69) is 10.3 Å². The highest BCUT2D eigenvalue weighted by Gasteiger charge is 2.25. The van der Waals surface area contributed by atoms with Crippen LogP contribution in [0.4, 0.5) is 10.1 Å². The molecule has 29 heavy (non-hydrogen) atoms. The van der Waals surface area contributed by atoms with E-state index < -0.39 is 5.82 Å². The van der Waals surface area contributed by atoms with E-state index in [1.807, 2.05) is 6.92 Å². The standard InChI is InChI=1S/C22H22FN3O3/c1-13-12-29-9-8-26(13)22(28)15-4-3-5-17(10-15)25-21(27)20-14(2)24-19-7-6-16(23)11-18(19)20/h3-7,10-11,13,24H,8-9,12H2,1-2H3,(H,25,27). The zero-order chi connectivity index (χ0) is 20.5. The summed E-state index contributed by atoms with van der Waals surface area (Å²) in [5.41, 5.74) is 2.74. The van der Waals surface area contributed by atoms with Crippen LogP contribution in [0.1, 0.15) is 33.3 Å². The number of halogens is 1. The number of carbonyl (C=O) groups excluding carboxylic acids is 2. The van der Waals surface area contributed by atoms with Crippen LogP contribution in [-0.2, 0) is 4.74 Å². The molecule has 4 rings (SSSR count). The van der Waals surface area contributed by atoms with Crippen molar-refractivity contribution >= 4 is 28.4 Å². The summed E-state index contributed by atoms with van der Waals surface area (Å²) in [5.74, 6) is -0.858. The van der Waals surface area contributed by atoms with Crippen molar-refractivity contribution in [1.82, 2.24) is 9.88 Å². The molecule has 1 aliphatic rings. The van der Waals surface area contributed by atoms with Crippen LogP contribution < -0.4 is 5.32 Å². The number of aromatic amines is 1. The molecule has 1 aliphatic heterocycles. The topological polar surface area (TPSA) is 74.4 Å². The van der Waals surface area contributed by atoms with Gasteiger partial charge in [0.05, 0.1) is 24.8 Å². The fourth-order valence-electron chi connectivity index (χ4n) is 3.71. The van der Waals surface area contributed by atoms with Crippen molar-refractivity contribution in [1.29, 1.82) is 0 Å². The van der Waals surface area contributed by atoms with Crippen LogP contribution in [0.3, 0.4) is 0 Å². The molecule has 2 aromatic carbocycles. The van der Waals surface area contributed by atoms with Crippen LogP contribution in [0, 0.1) is 12.7 Å². The molecular formula is C22H22FN3O3. The monoisotopic (exact) mass is 395 g/mol. The third-order valence-corrected chi connectivity index (χ3v) is 5.17. The first-order valence-corrected chi connectivity index (χ1v) is 9.52. The van der Waals surface area contributed by atoms with Gasteiger partial charge in [0, 0.05) is 34.4 Å². The molecule has 0 bridgehead atoms. The number of morpholine rings is 1. The molecule has 2 N–H and O–H groups in total. The van der Waals surface area contributed by atoms with Gasteiger partial charge in [0.1, 0.15) is 5.82 Å². The number of rotatable bonds is 3. The number of benzene rings is 2. The number of aryl methyl sites for hydroxylation is 1. The number of nitrogens with zero attached hydrogens (tertiary/aromatic N) is 1. The molecule has 6 nitrogen and oxygen atoms in total. The predicted octanol–water partition coefficient (Wildman–Crippen LogP) is 3.73. The lowest BCUT2D eigenvalue weighted by Gasteiger charge is -2.33. The summed E-state index contributed by atoms with van der Waals surface area (Å²) in [4.78, 5) is 30.6. The van der Waals surface area contributed by atoms with Crippen LogP contribution in [0.15, 0.2) is 42.5 Å². The second-order valence-electron chi connectivity index (χ2n) is 7.27. The highest BCUT2D eigenvalue weighted by atomic mass is 19.1. The number of hydrogen-bond acceptors (Lipinski definition) is 3. The van der Waals surface area contributed by atoms with E-state index in [1.165, 1.54) is 12.1 Å². The first kappa shape index (κ1) is 19.1. The predicted molar refractivity (Wildman–Crippen MR) is 109 cm³/mol. The van der Waals surface area contributed by atoms with Crippen molar-refractivity contribution in [3.8, 4) is 0 Å². The number of amides is 2. The Hall–Kier alpha value is -3.19. The number of carbonyl (C=O) groups is 2. The molecule has 1 unspecified atom stereocenters. The Labute approximate surface area is 167 Å². The van der Waals surface area contributed by atoms with Crippen LogP contribution in [0.2, 0.25) is 0 Å². The minimum atomic E-state index is -0.405. The maximum Gasteiger partial charge on any atom is 0.258 e. The average molecular weight is 395 g/mol. The number of hydrogen-bond donors (Lipinski definition) is 2. The molecule has 2 heterocycles. The number of anilines is 1. The van der Waals surface area contributed by atoms with Crippen LogP contribution in [-0.4, -0.2) is 47.5 Å². The van der Waals surface area contributed by atoms with Gasteiger partial charge in [-0.3, -0.25) is 9.59 Å². The maximum absolute atomic E-state index is 13.7. The largest absolute Gasteiger partial charge is 0.377 e. The Bertz CT molecular complexity index is 1090. The third-order valence-electron chi connectivity index (χ3n) is 5.17. The Morgan fingerprint density at radius 1 is 1.24 bits per heavy atom. The van der Waals surface area contributed by atoms with E-state index in [0.29, 0.717) is 53.2 Å². The molecule has 1 aromatic heterocycles. The van der Waals surface area contributed by atoms with Crippen molar-refractivity contribution in [2.75, 3.05) is 25.1 Å². The summed E-state index contributed by atoms with van der Waals surface area (Å²) >= 11 is 0. The number of H-pyrrole nitrogens is 1. The Kier molecular flexibility index (Phi) is 5.07. The van der Waals surface area contributed by atoms with E-state index in [0.717, 1.165) is 0 Å². The summed E-state index contributed by atoms with van der Waals surface area (Å²) < 4.78 is 19.1. The molecular weight excluding hydrogens is 373 g/mol. The first-order chi connectivity index (χ1) is 13.9. The van der Waals surface area contributed by atoms with Crippen molar-refractivity contribution in [3.63, 3.8) is 0 Å². The van der Waals surface area contributed by atoms with Gasteiger partial charge >= 0.3 is 0 Å². The number of ether oxygens (including phenoxy) is 1. The van der Waals surface area contributed by atoms with Crippen molar-refractivity contribution in [3.05, 3.63) is 65.1 Å². The lowest BCUT2D eigenvalue weighted by atomic mass is 10.1. The molecule has 3 aromatic rings. The number of aromatic nitrogens is 1. The van der Waals surface area contributed by atoms with Crippen molar-refractivity contribution in [2.45, 2.75) is 19.9 Å². The van der Waals surface area contributed by atoms with Crippen LogP contribution >= 0.6 is 0 Å². The Morgan fingerprint density at radius 2 is 2.07 bits per heavy atom. The van der Waals surface area contributed by atoms with E-state index >= 15 is 0 Å². The van der Waals surface area contributed by atoms with Gasteiger partial charge in [-0.05, 0) is 50.2 Å². The SMILES string of the molecule is Cc1[nH]c2ccc(F)cc2c1C(=O)Nc1cccc(C(=O)N2CCOCC2C)c1. The highest BCUT2D eigenvalue weighted by Crippen LogP contribution is 2.24. The molecule has 0 aliphatic carbocycles. The fourth-order valence-corrected chi connectivity index (χ4v) is 3.71. The van der Waals surface area contributed by atoms with Gasteiger partial charge in [-0.2, -0.15) is 0 Å². The van der Waals surface area contributed by atoms with E-state index in [1.54, 1.807) is 42.2 Å². The summed E-state index contributed by atoms with van der Waals surface area (Å²) in [6.45, 7) is 5.28. The summed E-state index contributed by atoms with van der Waals surface area (Å²) in [7, 11) is 0. The number of nitrogens with one attached hydrogen (secondary N) is 2. The average Bonchev–Trinajstić information content (AvgIpc) is 3.03. The summed E-state index contributed by atoms with van der Waals surface area (Å²) in [6.07, 6.45) is 0. The maximum atomic E-state index is 13.7. The fraction of sp³-hybridized carbons (Fsp3) is 0.273. The second kappa shape index (κ2) is 7.67. The lowest BCUT2D eigenvalue weighted by molar-refractivity contribution is 0.00359. The molecule has 0 saturated carbocycles. The van der Waals surface area contributed by atoms with Crippen molar-refractivity contribution < 1.29 is 18.7 Å². The molecule has 150 valence electrons. The Balaban J connectivity index is 1.58. The lowest BCUT2D eigenvalue weighted by Crippen LogP contribution is -2.47. The minimum absolute atomic E-state index is 0.00161. The van der Waals surface area contributed by atoms with Gasteiger partial charge in [-0.15, -0.1) is 0 Å². The highest BCUT2D eigenvalue weighted by molar-refractivity contribution is 6.14. The molecule has 1 saturated heterocycles. The zero-order valence-electron chi connectivity index (χ0n) is 16.3. The quantitative estimate of drug-likeness (QED) is 0.710. The van der Waals surface area contributed by atoms with E-state index in [-0.39, 0.29) is 17.9 Å². The zero-order valence-corrected chi connectivity index (χ0v) is 16.3. The van der Waals surface area contributed by atoms with Gasteiger partial charge in [0.25, 0.3) is 11.8 Å². The third kappa shape index (κ3) is 3.73. The molecule has 0 radical (unpaired) electrons. The summed E-state index contributed by atoms with van der Waals surface area (Å²) in [5, 5.41) is 3.35. The van der Waals surface area contributed by atoms with Gasteiger partial charge in [0.2, 0.25) is 0 Å². The van der Waals surface area contributed by atoms with E-state index in [9.17, 15) is 14.0 Å². The van der Waals surface area contributed by atoms with Gasteiger partial charge in [-0.25, -0.2) is 4.39 Å². The Morgan fingerprint density at radius 3 is 2.86 bits per heavy atom.